The standard InChI is InChI=1S/C9H10ClN7O/c1-4-3-6(13-9(10)11-4)8(18)12-5(2)7-14-16-17-15-7/h3,5H,1-2H3,(H,12,18)(H,14,15,16,17). The number of amides is 1. The van der Waals surface area contributed by atoms with Crippen LogP contribution in [0.3, 0.4) is 0 Å². The van der Waals surface area contributed by atoms with Crippen LogP contribution in [0.15, 0.2) is 6.07 Å². The Balaban J connectivity index is 2.12. The molecule has 2 aromatic heterocycles. The van der Waals surface area contributed by atoms with E-state index < -0.39 is 0 Å². The van der Waals surface area contributed by atoms with Crippen LogP contribution in [0.1, 0.15) is 35.0 Å². The minimum Gasteiger partial charge on any atom is -0.341 e. The van der Waals surface area contributed by atoms with Crippen LogP contribution in [0.5, 0.6) is 0 Å². The van der Waals surface area contributed by atoms with Gasteiger partial charge in [0.05, 0.1) is 6.04 Å². The van der Waals surface area contributed by atoms with Crippen molar-refractivity contribution < 1.29 is 4.79 Å². The first kappa shape index (κ1) is 12.4. The maximum atomic E-state index is 11.9. The average Bonchev–Trinajstić information content (AvgIpc) is 2.80. The van der Waals surface area contributed by atoms with E-state index in [-0.39, 0.29) is 22.9 Å². The van der Waals surface area contributed by atoms with Crippen LogP contribution in [0, 0.1) is 6.92 Å². The molecule has 94 valence electrons. The van der Waals surface area contributed by atoms with Gasteiger partial charge >= 0.3 is 0 Å². The second kappa shape index (κ2) is 5.05. The maximum Gasteiger partial charge on any atom is 0.270 e. The van der Waals surface area contributed by atoms with Gasteiger partial charge in [0.1, 0.15) is 5.69 Å². The molecule has 0 aromatic carbocycles. The summed E-state index contributed by atoms with van der Waals surface area (Å²) in [6, 6.07) is 1.16. The van der Waals surface area contributed by atoms with Crippen LogP contribution < -0.4 is 5.32 Å². The highest BCUT2D eigenvalue weighted by molar-refractivity contribution is 6.28. The zero-order chi connectivity index (χ0) is 13.1. The molecule has 0 fully saturated rings. The molecule has 0 saturated carbocycles. The van der Waals surface area contributed by atoms with Gasteiger partial charge in [0.15, 0.2) is 5.82 Å². The Morgan fingerprint density at radius 3 is 2.89 bits per heavy atom. The van der Waals surface area contributed by atoms with Gasteiger partial charge in [-0.25, -0.2) is 9.97 Å². The number of aromatic nitrogens is 6. The van der Waals surface area contributed by atoms with Crippen molar-refractivity contribution >= 4 is 17.5 Å². The summed E-state index contributed by atoms with van der Waals surface area (Å²) in [6.45, 7) is 3.46. The number of carbonyl (C=O) groups is 1. The zero-order valence-electron chi connectivity index (χ0n) is 9.68. The first-order valence-electron chi connectivity index (χ1n) is 5.11. The number of rotatable bonds is 3. The molecule has 2 rings (SSSR count). The molecule has 2 aromatic rings. The number of aryl methyl sites for hydroxylation is 1. The molecule has 1 unspecified atom stereocenters. The lowest BCUT2D eigenvalue weighted by Crippen LogP contribution is -2.28. The van der Waals surface area contributed by atoms with Gasteiger partial charge in [0.25, 0.3) is 5.91 Å². The second-order valence-electron chi connectivity index (χ2n) is 3.63. The number of H-pyrrole nitrogens is 1. The van der Waals surface area contributed by atoms with Crippen LogP contribution in [0.25, 0.3) is 0 Å². The van der Waals surface area contributed by atoms with Gasteiger partial charge in [0.2, 0.25) is 5.28 Å². The Morgan fingerprint density at radius 1 is 1.50 bits per heavy atom. The minimum absolute atomic E-state index is 0.0346. The molecule has 2 heterocycles. The van der Waals surface area contributed by atoms with Crippen LogP contribution in [-0.4, -0.2) is 36.5 Å². The van der Waals surface area contributed by atoms with Crippen molar-refractivity contribution in [3.8, 4) is 0 Å². The van der Waals surface area contributed by atoms with Gasteiger partial charge < -0.3 is 5.32 Å². The molecule has 0 bridgehead atoms. The molecule has 0 aliphatic rings. The van der Waals surface area contributed by atoms with Crippen molar-refractivity contribution in [3.05, 3.63) is 28.6 Å². The van der Waals surface area contributed by atoms with Crippen molar-refractivity contribution in [2.75, 3.05) is 0 Å². The third-order valence-electron chi connectivity index (χ3n) is 2.16. The van der Waals surface area contributed by atoms with Crippen LogP contribution in [0.2, 0.25) is 5.28 Å². The van der Waals surface area contributed by atoms with Crippen LogP contribution in [0.4, 0.5) is 0 Å². The van der Waals surface area contributed by atoms with E-state index in [1.165, 1.54) is 0 Å². The van der Waals surface area contributed by atoms with E-state index in [1.807, 2.05) is 0 Å². The number of aromatic amines is 1. The lowest BCUT2D eigenvalue weighted by molar-refractivity contribution is 0.0933. The molecule has 0 saturated heterocycles. The highest BCUT2D eigenvalue weighted by atomic mass is 35.5. The third-order valence-corrected chi connectivity index (χ3v) is 2.33. The Bertz CT molecular complexity index is 536. The molecule has 1 atom stereocenters. The summed E-state index contributed by atoms with van der Waals surface area (Å²) < 4.78 is 0. The summed E-state index contributed by atoms with van der Waals surface area (Å²) in [5, 5.41) is 16.0. The summed E-state index contributed by atoms with van der Waals surface area (Å²) in [5.41, 5.74) is 0.815. The normalized spacial score (nSPS) is 12.2. The molecule has 0 spiro atoms. The average molecular weight is 268 g/mol. The van der Waals surface area contributed by atoms with E-state index in [0.29, 0.717) is 11.5 Å². The monoisotopic (exact) mass is 267 g/mol. The number of tetrazole rings is 1. The van der Waals surface area contributed by atoms with Crippen molar-refractivity contribution in [1.82, 2.24) is 35.9 Å². The largest absolute Gasteiger partial charge is 0.341 e. The fraction of sp³-hybridized carbons (Fsp3) is 0.333. The Labute approximate surface area is 107 Å². The summed E-state index contributed by atoms with van der Waals surface area (Å²) >= 11 is 5.69. The van der Waals surface area contributed by atoms with E-state index in [0.717, 1.165) is 0 Å². The maximum absolute atomic E-state index is 11.9. The van der Waals surface area contributed by atoms with Gasteiger partial charge in [-0.3, -0.25) is 4.79 Å². The first-order valence-corrected chi connectivity index (χ1v) is 5.49. The SMILES string of the molecule is Cc1cc(C(=O)NC(C)c2nn[nH]n2)nc(Cl)n1. The minimum atomic E-state index is -0.384. The molecule has 1 amide bonds. The number of hydrogen-bond acceptors (Lipinski definition) is 6. The molecule has 8 nitrogen and oxygen atoms in total. The van der Waals surface area contributed by atoms with Gasteiger partial charge in [0, 0.05) is 5.69 Å². The molecular weight excluding hydrogens is 258 g/mol. The smallest absolute Gasteiger partial charge is 0.270 e. The Kier molecular flexibility index (Phi) is 3.47. The summed E-state index contributed by atoms with van der Waals surface area (Å²) in [7, 11) is 0. The number of carbonyl (C=O) groups excluding carboxylic acids is 1. The Hall–Kier alpha value is -2.09. The molecule has 2 N–H and O–H groups in total. The van der Waals surface area contributed by atoms with Gasteiger partial charge in [-0.1, -0.05) is 5.21 Å². The topological polar surface area (TPSA) is 109 Å². The lowest BCUT2D eigenvalue weighted by atomic mass is 10.2. The molecule has 0 aliphatic carbocycles. The van der Waals surface area contributed by atoms with Crippen molar-refractivity contribution in [2.45, 2.75) is 19.9 Å². The fourth-order valence-electron chi connectivity index (χ4n) is 1.34. The number of hydrogen-bond donors (Lipinski definition) is 2. The molecule has 0 aliphatic heterocycles. The summed E-state index contributed by atoms with van der Waals surface area (Å²) in [5.74, 6) is 0.0138. The van der Waals surface area contributed by atoms with Gasteiger partial charge in [-0.2, -0.15) is 5.21 Å². The highest BCUT2D eigenvalue weighted by Crippen LogP contribution is 2.08. The fourth-order valence-corrected chi connectivity index (χ4v) is 1.56. The lowest BCUT2D eigenvalue weighted by Gasteiger charge is -2.09. The predicted molar refractivity (Wildman–Crippen MR) is 61.8 cm³/mol. The second-order valence-corrected chi connectivity index (χ2v) is 3.97. The van der Waals surface area contributed by atoms with Crippen LogP contribution in [-0.2, 0) is 0 Å². The van der Waals surface area contributed by atoms with Crippen LogP contribution >= 0.6 is 11.6 Å². The quantitative estimate of drug-likeness (QED) is 0.781. The van der Waals surface area contributed by atoms with E-state index in [1.54, 1.807) is 19.9 Å². The Morgan fingerprint density at radius 2 is 2.28 bits per heavy atom. The molecular formula is C9H10ClN7O. The highest BCUT2D eigenvalue weighted by Gasteiger charge is 2.16. The van der Waals surface area contributed by atoms with Gasteiger partial charge in [-0.15, -0.1) is 10.2 Å². The van der Waals surface area contributed by atoms with E-state index in [4.69, 9.17) is 11.6 Å². The first-order chi connectivity index (χ1) is 8.56. The van der Waals surface area contributed by atoms with Crippen molar-refractivity contribution in [1.29, 1.82) is 0 Å². The number of nitrogens with zero attached hydrogens (tertiary/aromatic N) is 5. The van der Waals surface area contributed by atoms with E-state index in [9.17, 15) is 4.79 Å². The number of halogens is 1. The molecule has 18 heavy (non-hydrogen) atoms. The zero-order valence-corrected chi connectivity index (χ0v) is 10.4. The van der Waals surface area contributed by atoms with Crippen molar-refractivity contribution in [2.24, 2.45) is 0 Å². The van der Waals surface area contributed by atoms with E-state index >= 15 is 0 Å². The number of nitrogens with one attached hydrogen (secondary N) is 2. The van der Waals surface area contributed by atoms with Crippen molar-refractivity contribution in [3.63, 3.8) is 0 Å². The van der Waals surface area contributed by atoms with Gasteiger partial charge in [-0.05, 0) is 31.5 Å². The predicted octanol–water partition coefficient (Wildman–Crippen LogP) is 0.443. The molecule has 9 heteroatoms. The molecule has 0 radical (unpaired) electrons. The summed E-state index contributed by atoms with van der Waals surface area (Å²) in [4.78, 5) is 19.6. The van der Waals surface area contributed by atoms with E-state index in [2.05, 4.69) is 35.9 Å². The summed E-state index contributed by atoms with van der Waals surface area (Å²) in [6.07, 6.45) is 0. The third kappa shape index (κ3) is 2.77.